The number of aliphatic hydroxyl groups excluding tert-OH is 1. The van der Waals surface area contributed by atoms with E-state index in [2.05, 4.69) is 24.1 Å². The zero-order valence-corrected chi connectivity index (χ0v) is 17.7. The first-order chi connectivity index (χ1) is 13.7. The molecule has 160 valence electrons. The monoisotopic (exact) mass is 402 g/mol. The Morgan fingerprint density at radius 3 is 2.83 bits per heavy atom. The zero-order valence-electron chi connectivity index (χ0n) is 17.7. The van der Waals surface area contributed by atoms with Crippen LogP contribution in [0, 0.1) is 5.92 Å². The van der Waals surface area contributed by atoms with Crippen molar-refractivity contribution >= 4 is 5.91 Å². The summed E-state index contributed by atoms with van der Waals surface area (Å²) in [6, 6.07) is 4.89. The number of likely N-dealkylation sites (N-methyl/N-ethyl adjacent to an activating group) is 1. The highest BCUT2D eigenvalue weighted by Crippen LogP contribution is 2.58. The van der Waals surface area contributed by atoms with Crippen LogP contribution in [0.2, 0.25) is 0 Å². The molecule has 6 nitrogen and oxygen atoms in total. The highest BCUT2D eigenvalue weighted by Gasteiger charge is 2.66. The predicted molar refractivity (Wildman–Crippen MR) is 111 cm³/mol. The van der Waals surface area contributed by atoms with Crippen LogP contribution in [0.5, 0.6) is 5.75 Å². The summed E-state index contributed by atoms with van der Waals surface area (Å²) < 4.78 is 0. The Morgan fingerprint density at radius 1 is 1.34 bits per heavy atom. The maximum Gasteiger partial charge on any atom is 0.220 e. The number of aromatic hydroxyl groups is 1. The number of nitrogens with one attached hydrogen (secondary N) is 1. The number of piperidine rings is 1. The van der Waals surface area contributed by atoms with Crippen LogP contribution < -0.4 is 5.32 Å². The molecule has 0 spiro atoms. The molecule has 2 unspecified atom stereocenters. The zero-order chi connectivity index (χ0) is 21.0. The van der Waals surface area contributed by atoms with Gasteiger partial charge in [-0.1, -0.05) is 19.9 Å². The molecule has 4 N–H and O–H groups in total. The number of aliphatic hydroxyl groups is 2. The van der Waals surface area contributed by atoms with E-state index in [9.17, 15) is 20.1 Å². The van der Waals surface area contributed by atoms with E-state index in [-0.39, 0.29) is 17.7 Å². The predicted octanol–water partition coefficient (Wildman–Crippen LogP) is 1.70. The molecule has 2 aliphatic carbocycles. The molecule has 5 atom stereocenters. The van der Waals surface area contributed by atoms with E-state index in [1.165, 1.54) is 0 Å². The lowest BCUT2D eigenvalue weighted by atomic mass is 9.48. The Labute approximate surface area is 172 Å². The number of amides is 1. The van der Waals surface area contributed by atoms with E-state index >= 15 is 0 Å². The SMILES string of the molecule is CC(C)CCC(=O)N[C@H]1C[C@@]2(O)[C@H]3Cc4ccc(O)cc4C2(CCN3C)CC1O. The molecular formula is C23H34N2O4. The van der Waals surface area contributed by atoms with Crippen LogP contribution >= 0.6 is 0 Å². The largest absolute Gasteiger partial charge is 0.508 e. The summed E-state index contributed by atoms with van der Waals surface area (Å²) in [5.41, 5.74) is 0.439. The maximum absolute atomic E-state index is 12.4. The molecule has 2 bridgehead atoms. The van der Waals surface area contributed by atoms with Gasteiger partial charge < -0.3 is 25.5 Å². The molecule has 1 saturated heterocycles. The number of phenolic OH excluding ortho intramolecular Hbond substituents is 1. The second kappa shape index (κ2) is 7.25. The van der Waals surface area contributed by atoms with Gasteiger partial charge in [-0.2, -0.15) is 0 Å². The summed E-state index contributed by atoms with van der Waals surface area (Å²) >= 11 is 0. The Kier molecular flexibility index (Phi) is 5.16. The van der Waals surface area contributed by atoms with Crippen LogP contribution in [-0.4, -0.2) is 63.5 Å². The van der Waals surface area contributed by atoms with Crippen molar-refractivity contribution in [1.29, 1.82) is 0 Å². The molecule has 0 aromatic heterocycles. The van der Waals surface area contributed by atoms with Gasteiger partial charge in [-0.15, -0.1) is 0 Å². The Morgan fingerprint density at radius 2 is 2.10 bits per heavy atom. The highest BCUT2D eigenvalue weighted by molar-refractivity contribution is 5.76. The lowest BCUT2D eigenvalue weighted by molar-refractivity contribution is -0.185. The number of carbonyl (C=O) groups is 1. The van der Waals surface area contributed by atoms with Gasteiger partial charge in [-0.25, -0.2) is 0 Å². The van der Waals surface area contributed by atoms with Gasteiger partial charge in [0.05, 0.1) is 17.7 Å². The van der Waals surface area contributed by atoms with Crippen LogP contribution in [0.15, 0.2) is 18.2 Å². The van der Waals surface area contributed by atoms with E-state index in [1.807, 2.05) is 13.1 Å². The van der Waals surface area contributed by atoms with Crippen LogP contribution in [0.4, 0.5) is 0 Å². The molecule has 4 rings (SSSR count). The number of fused-ring (bicyclic) bond motifs is 1. The number of phenols is 1. The van der Waals surface area contributed by atoms with Crippen molar-refractivity contribution in [2.45, 2.75) is 81.6 Å². The van der Waals surface area contributed by atoms with Gasteiger partial charge in [0.1, 0.15) is 5.75 Å². The lowest BCUT2D eigenvalue weighted by Crippen LogP contribution is -2.76. The molecule has 1 aliphatic heterocycles. The van der Waals surface area contributed by atoms with Gasteiger partial charge in [0.2, 0.25) is 5.91 Å². The summed E-state index contributed by atoms with van der Waals surface area (Å²) in [6.45, 7) is 5.00. The van der Waals surface area contributed by atoms with Crippen molar-refractivity contribution in [2.75, 3.05) is 13.6 Å². The van der Waals surface area contributed by atoms with E-state index in [0.717, 1.165) is 30.5 Å². The number of carbonyl (C=O) groups excluding carboxylic acids is 1. The molecule has 1 aromatic carbocycles. The average molecular weight is 403 g/mol. The summed E-state index contributed by atoms with van der Waals surface area (Å²) in [7, 11) is 2.04. The first kappa shape index (κ1) is 20.6. The second-order valence-electron chi connectivity index (χ2n) is 9.88. The summed E-state index contributed by atoms with van der Waals surface area (Å²) in [5, 5.41) is 36.3. The molecule has 0 radical (unpaired) electrons. The van der Waals surface area contributed by atoms with Crippen LogP contribution in [0.1, 0.15) is 57.1 Å². The fourth-order valence-corrected chi connectivity index (χ4v) is 6.05. The molecule has 2 fully saturated rings. The van der Waals surface area contributed by atoms with Crippen molar-refractivity contribution in [2.24, 2.45) is 5.92 Å². The number of hydrogen-bond donors (Lipinski definition) is 4. The minimum absolute atomic E-state index is 0.0605. The molecule has 1 aromatic rings. The third-order valence-corrected chi connectivity index (χ3v) is 7.67. The summed E-state index contributed by atoms with van der Waals surface area (Å²) in [5.74, 6) is 0.575. The third kappa shape index (κ3) is 3.25. The van der Waals surface area contributed by atoms with Gasteiger partial charge in [-0.05, 0) is 68.5 Å². The second-order valence-corrected chi connectivity index (χ2v) is 9.88. The fourth-order valence-electron chi connectivity index (χ4n) is 6.05. The third-order valence-electron chi connectivity index (χ3n) is 7.67. The summed E-state index contributed by atoms with van der Waals surface area (Å²) in [6.07, 6.45) is 2.65. The van der Waals surface area contributed by atoms with E-state index in [4.69, 9.17) is 0 Å². The smallest absolute Gasteiger partial charge is 0.220 e. The molecule has 1 saturated carbocycles. The molecule has 1 heterocycles. The van der Waals surface area contributed by atoms with Crippen LogP contribution in [0.25, 0.3) is 0 Å². The lowest BCUT2D eigenvalue weighted by Gasteiger charge is -2.65. The van der Waals surface area contributed by atoms with Crippen molar-refractivity contribution in [3.05, 3.63) is 29.3 Å². The number of hydrogen-bond acceptors (Lipinski definition) is 5. The number of likely N-dealkylation sites (tertiary alicyclic amines) is 1. The molecule has 29 heavy (non-hydrogen) atoms. The Bertz CT molecular complexity index is 797. The molecule has 6 heteroatoms. The number of benzene rings is 1. The van der Waals surface area contributed by atoms with E-state index < -0.39 is 23.2 Å². The van der Waals surface area contributed by atoms with Crippen molar-refractivity contribution in [3.8, 4) is 5.75 Å². The normalized spacial score (nSPS) is 36.4. The van der Waals surface area contributed by atoms with Gasteiger partial charge in [0.15, 0.2) is 0 Å². The molecule has 3 aliphatic rings. The Hall–Kier alpha value is -1.63. The number of nitrogens with zero attached hydrogens (tertiary/aromatic N) is 1. The first-order valence-corrected chi connectivity index (χ1v) is 10.9. The van der Waals surface area contributed by atoms with Crippen molar-refractivity contribution in [3.63, 3.8) is 0 Å². The quantitative estimate of drug-likeness (QED) is 0.615. The minimum Gasteiger partial charge on any atom is -0.508 e. The Balaban J connectivity index is 1.67. The summed E-state index contributed by atoms with van der Waals surface area (Å²) in [4.78, 5) is 14.6. The van der Waals surface area contributed by atoms with Gasteiger partial charge in [0, 0.05) is 24.3 Å². The molecule has 1 amide bonds. The van der Waals surface area contributed by atoms with Gasteiger partial charge in [0.25, 0.3) is 0 Å². The van der Waals surface area contributed by atoms with Crippen molar-refractivity contribution in [1.82, 2.24) is 10.2 Å². The highest BCUT2D eigenvalue weighted by atomic mass is 16.3. The maximum atomic E-state index is 12.4. The first-order valence-electron chi connectivity index (χ1n) is 10.9. The fraction of sp³-hybridized carbons (Fsp3) is 0.696. The minimum atomic E-state index is -1.06. The standard InChI is InChI=1S/C23H34N2O4/c1-14(2)4-7-21(28)24-18-12-23(29)20-10-15-5-6-16(26)11-17(15)22(23,13-19(18)27)8-9-25(20)3/h5-6,11,14,18-20,26-27,29H,4,7-10,12-13H2,1-3H3,(H,24,28)/t18-,19?,20+,22?,23+/m0/s1. The molecular weight excluding hydrogens is 368 g/mol. The van der Waals surface area contributed by atoms with Gasteiger partial charge in [-0.3, -0.25) is 4.79 Å². The van der Waals surface area contributed by atoms with E-state index in [0.29, 0.717) is 31.6 Å². The van der Waals surface area contributed by atoms with Crippen LogP contribution in [-0.2, 0) is 16.6 Å². The van der Waals surface area contributed by atoms with Crippen LogP contribution in [0.3, 0.4) is 0 Å². The van der Waals surface area contributed by atoms with Crippen molar-refractivity contribution < 1.29 is 20.1 Å². The number of rotatable bonds is 4. The average Bonchev–Trinajstić information content (AvgIpc) is 2.65. The van der Waals surface area contributed by atoms with E-state index in [1.54, 1.807) is 12.1 Å². The van der Waals surface area contributed by atoms with Gasteiger partial charge >= 0.3 is 0 Å². The topological polar surface area (TPSA) is 93.0 Å².